The largest absolute Gasteiger partial charge is 0.377 e. The van der Waals surface area contributed by atoms with Crippen molar-refractivity contribution in [1.29, 1.82) is 0 Å². The van der Waals surface area contributed by atoms with Gasteiger partial charge in [-0.2, -0.15) is 0 Å². The molecule has 0 saturated carbocycles. The minimum Gasteiger partial charge on any atom is -0.377 e. The van der Waals surface area contributed by atoms with Crippen LogP contribution in [0.3, 0.4) is 0 Å². The van der Waals surface area contributed by atoms with Crippen LogP contribution in [-0.2, 0) is 4.74 Å². The Hall–Kier alpha value is -0.0800. The average molecular weight is 215 g/mol. The summed E-state index contributed by atoms with van der Waals surface area (Å²) in [6, 6.07) is 0.543. The number of hydrogen-bond acceptors (Lipinski definition) is 2. The third kappa shape index (κ3) is 6.91. The molecule has 2 nitrogen and oxygen atoms in total. The van der Waals surface area contributed by atoms with E-state index in [9.17, 15) is 0 Å². The first-order valence-corrected chi connectivity index (χ1v) is 6.64. The highest BCUT2D eigenvalue weighted by Crippen LogP contribution is 2.10. The second-order valence-electron chi connectivity index (χ2n) is 4.12. The Kier molecular flexibility index (Phi) is 10.4. The second kappa shape index (κ2) is 10.4. The van der Waals surface area contributed by atoms with Crippen molar-refractivity contribution in [2.24, 2.45) is 0 Å². The summed E-state index contributed by atoms with van der Waals surface area (Å²) in [6.45, 7) is 10.8. The van der Waals surface area contributed by atoms with Gasteiger partial charge in [-0.05, 0) is 25.8 Å². The van der Waals surface area contributed by atoms with Gasteiger partial charge in [0, 0.05) is 12.6 Å². The van der Waals surface area contributed by atoms with Gasteiger partial charge in [0.25, 0.3) is 0 Å². The predicted octanol–water partition coefficient (Wildman–Crippen LogP) is 3.36. The molecule has 92 valence electrons. The van der Waals surface area contributed by atoms with E-state index in [1.807, 2.05) is 0 Å². The number of ether oxygens (including phenoxy) is 1. The molecule has 0 radical (unpaired) electrons. The zero-order valence-corrected chi connectivity index (χ0v) is 11.0. The van der Waals surface area contributed by atoms with Gasteiger partial charge in [-0.15, -0.1) is 0 Å². The van der Waals surface area contributed by atoms with E-state index in [0.717, 1.165) is 19.6 Å². The molecule has 0 amide bonds. The highest BCUT2D eigenvalue weighted by molar-refractivity contribution is 4.75. The Morgan fingerprint density at radius 2 is 1.80 bits per heavy atom. The van der Waals surface area contributed by atoms with E-state index in [1.165, 1.54) is 25.7 Å². The van der Waals surface area contributed by atoms with Crippen LogP contribution in [0.4, 0.5) is 0 Å². The van der Waals surface area contributed by atoms with Gasteiger partial charge in [-0.3, -0.25) is 0 Å². The van der Waals surface area contributed by atoms with Crippen molar-refractivity contribution in [3.63, 3.8) is 0 Å². The lowest BCUT2D eigenvalue weighted by Gasteiger charge is -2.27. The van der Waals surface area contributed by atoms with Crippen molar-refractivity contribution in [2.75, 3.05) is 13.2 Å². The van der Waals surface area contributed by atoms with Gasteiger partial charge in [-0.1, -0.05) is 40.5 Å². The Balaban J connectivity index is 3.93. The molecule has 0 aliphatic carbocycles. The SMILES string of the molecule is CCCCOC(CC)C(CCC)NCC. The van der Waals surface area contributed by atoms with E-state index in [-0.39, 0.29) is 0 Å². The van der Waals surface area contributed by atoms with E-state index in [1.54, 1.807) is 0 Å². The molecule has 0 rings (SSSR count). The summed E-state index contributed by atoms with van der Waals surface area (Å²) in [5.74, 6) is 0. The summed E-state index contributed by atoms with van der Waals surface area (Å²) in [7, 11) is 0. The van der Waals surface area contributed by atoms with Gasteiger partial charge >= 0.3 is 0 Å². The van der Waals surface area contributed by atoms with Crippen LogP contribution in [-0.4, -0.2) is 25.3 Å². The Bertz CT molecular complexity index is 122. The van der Waals surface area contributed by atoms with Gasteiger partial charge in [0.1, 0.15) is 0 Å². The van der Waals surface area contributed by atoms with E-state index >= 15 is 0 Å². The van der Waals surface area contributed by atoms with Crippen LogP contribution in [0.25, 0.3) is 0 Å². The molecular weight excluding hydrogens is 186 g/mol. The summed E-state index contributed by atoms with van der Waals surface area (Å²) in [4.78, 5) is 0. The highest BCUT2D eigenvalue weighted by atomic mass is 16.5. The maximum Gasteiger partial charge on any atom is 0.0725 e. The first-order chi connectivity index (χ1) is 7.29. The van der Waals surface area contributed by atoms with Crippen LogP contribution in [0.15, 0.2) is 0 Å². The lowest BCUT2D eigenvalue weighted by atomic mass is 10.0. The molecule has 2 unspecified atom stereocenters. The van der Waals surface area contributed by atoms with Gasteiger partial charge < -0.3 is 10.1 Å². The second-order valence-corrected chi connectivity index (χ2v) is 4.12. The minimum absolute atomic E-state index is 0.399. The number of nitrogens with one attached hydrogen (secondary N) is 1. The monoisotopic (exact) mass is 215 g/mol. The molecule has 0 fully saturated rings. The smallest absolute Gasteiger partial charge is 0.0725 e. The number of unbranched alkanes of at least 4 members (excludes halogenated alkanes) is 1. The lowest BCUT2D eigenvalue weighted by molar-refractivity contribution is 0.0204. The van der Waals surface area contributed by atoms with Crippen molar-refractivity contribution < 1.29 is 4.74 Å². The summed E-state index contributed by atoms with van der Waals surface area (Å²) in [5.41, 5.74) is 0. The molecule has 0 aromatic rings. The molecule has 0 aliphatic rings. The average Bonchev–Trinajstić information content (AvgIpc) is 2.24. The van der Waals surface area contributed by atoms with Crippen molar-refractivity contribution in [2.45, 2.75) is 71.9 Å². The van der Waals surface area contributed by atoms with Crippen LogP contribution in [0.1, 0.15) is 59.8 Å². The molecule has 2 heteroatoms. The van der Waals surface area contributed by atoms with E-state index in [4.69, 9.17) is 4.74 Å². The van der Waals surface area contributed by atoms with Crippen molar-refractivity contribution in [1.82, 2.24) is 5.32 Å². The molecule has 0 aromatic heterocycles. The molecule has 1 N–H and O–H groups in total. The van der Waals surface area contributed by atoms with Crippen LogP contribution in [0.2, 0.25) is 0 Å². The van der Waals surface area contributed by atoms with E-state index in [2.05, 4.69) is 33.0 Å². The highest BCUT2D eigenvalue weighted by Gasteiger charge is 2.18. The molecule has 0 heterocycles. The van der Waals surface area contributed by atoms with Crippen molar-refractivity contribution >= 4 is 0 Å². The summed E-state index contributed by atoms with van der Waals surface area (Å²) < 4.78 is 5.94. The predicted molar refractivity (Wildman–Crippen MR) is 67.3 cm³/mol. The zero-order valence-electron chi connectivity index (χ0n) is 11.0. The van der Waals surface area contributed by atoms with Crippen molar-refractivity contribution in [3.8, 4) is 0 Å². The normalized spacial score (nSPS) is 15.2. The molecule has 0 aliphatic heterocycles. The number of hydrogen-bond donors (Lipinski definition) is 1. The van der Waals surface area contributed by atoms with Gasteiger partial charge in [0.15, 0.2) is 0 Å². The maximum absolute atomic E-state index is 5.94. The first-order valence-electron chi connectivity index (χ1n) is 6.64. The number of rotatable bonds is 10. The Morgan fingerprint density at radius 3 is 2.27 bits per heavy atom. The summed E-state index contributed by atoms with van der Waals surface area (Å²) in [5, 5.41) is 3.54. The molecule has 0 saturated heterocycles. The molecule has 0 aromatic carbocycles. The fourth-order valence-electron chi connectivity index (χ4n) is 1.89. The number of likely N-dealkylation sites (N-methyl/N-ethyl adjacent to an activating group) is 1. The third-order valence-corrected chi connectivity index (χ3v) is 2.75. The minimum atomic E-state index is 0.399. The standard InChI is InChI=1S/C13H29NO/c1-5-9-11-15-13(7-3)12(10-6-2)14-8-4/h12-14H,5-11H2,1-4H3. The fourth-order valence-corrected chi connectivity index (χ4v) is 1.89. The Labute approximate surface area is 95.8 Å². The first kappa shape index (κ1) is 14.9. The Morgan fingerprint density at radius 1 is 1.07 bits per heavy atom. The fraction of sp³-hybridized carbons (Fsp3) is 1.00. The third-order valence-electron chi connectivity index (χ3n) is 2.75. The molecule has 15 heavy (non-hydrogen) atoms. The summed E-state index contributed by atoms with van der Waals surface area (Å²) >= 11 is 0. The molecule has 2 atom stereocenters. The van der Waals surface area contributed by atoms with Crippen LogP contribution < -0.4 is 5.32 Å². The van der Waals surface area contributed by atoms with Crippen molar-refractivity contribution in [3.05, 3.63) is 0 Å². The maximum atomic E-state index is 5.94. The molecule has 0 bridgehead atoms. The summed E-state index contributed by atoms with van der Waals surface area (Å²) in [6.07, 6.45) is 6.36. The lowest BCUT2D eigenvalue weighted by Crippen LogP contribution is -2.41. The molecule has 0 spiro atoms. The molecular formula is C13H29NO. The zero-order chi connectivity index (χ0) is 11.5. The van der Waals surface area contributed by atoms with E-state index < -0.39 is 0 Å². The van der Waals surface area contributed by atoms with E-state index in [0.29, 0.717) is 12.1 Å². The van der Waals surface area contributed by atoms with Gasteiger partial charge in [-0.25, -0.2) is 0 Å². The quantitative estimate of drug-likeness (QED) is 0.564. The van der Waals surface area contributed by atoms with Gasteiger partial charge in [0.2, 0.25) is 0 Å². The van der Waals surface area contributed by atoms with Gasteiger partial charge in [0.05, 0.1) is 6.10 Å². The van der Waals surface area contributed by atoms with Crippen LogP contribution in [0, 0.1) is 0 Å². The van der Waals surface area contributed by atoms with Crippen LogP contribution in [0.5, 0.6) is 0 Å². The topological polar surface area (TPSA) is 21.3 Å². The van der Waals surface area contributed by atoms with Crippen LogP contribution >= 0.6 is 0 Å².